The Morgan fingerprint density at radius 3 is 2.57 bits per heavy atom. The monoisotopic (exact) mass is 315 g/mol. The molecule has 0 aromatic carbocycles. The van der Waals surface area contributed by atoms with Crippen LogP contribution in [0.1, 0.15) is 26.2 Å². The van der Waals surface area contributed by atoms with Gasteiger partial charge in [-0.15, -0.1) is 11.8 Å². The van der Waals surface area contributed by atoms with Crippen molar-refractivity contribution < 1.29 is 19.5 Å². The van der Waals surface area contributed by atoms with Crippen LogP contribution in [0.4, 0.5) is 4.79 Å². The van der Waals surface area contributed by atoms with Gasteiger partial charge in [0.25, 0.3) is 0 Å². The first kappa shape index (κ1) is 15.9. The summed E-state index contributed by atoms with van der Waals surface area (Å²) in [6.07, 6.45) is 2.67. The minimum absolute atomic E-state index is 0.0424. The number of carbonyl (C=O) groups is 3. The van der Waals surface area contributed by atoms with Crippen LogP contribution in [-0.4, -0.2) is 69.6 Å². The highest BCUT2D eigenvalue weighted by Gasteiger charge is 2.42. The van der Waals surface area contributed by atoms with Gasteiger partial charge in [-0.05, 0) is 19.3 Å². The lowest BCUT2D eigenvalue weighted by molar-refractivity contribution is -0.141. The topological polar surface area (TPSA) is 90.0 Å². The highest BCUT2D eigenvalue weighted by Crippen LogP contribution is 2.32. The summed E-state index contributed by atoms with van der Waals surface area (Å²) in [5.41, 5.74) is 0. The van der Waals surface area contributed by atoms with Crippen LogP contribution in [0, 0.1) is 0 Å². The van der Waals surface area contributed by atoms with Crippen LogP contribution in [0.2, 0.25) is 0 Å². The van der Waals surface area contributed by atoms with Crippen molar-refractivity contribution in [2.75, 3.05) is 19.3 Å². The average Bonchev–Trinajstić information content (AvgIpc) is 3.12. The van der Waals surface area contributed by atoms with Gasteiger partial charge in [-0.25, -0.2) is 9.59 Å². The van der Waals surface area contributed by atoms with Gasteiger partial charge >= 0.3 is 12.0 Å². The number of likely N-dealkylation sites (N-methyl/N-ethyl adjacent to an activating group) is 1. The van der Waals surface area contributed by atoms with Gasteiger partial charge in [0.15, 0.2) is 0 Å². The van der Waals surface area contributed by atoms with E-state index in [2.05, 4.69) is 5.32 Å². The molecule has 21 heavy (non-hydrogen) atoms. The van der Waals surface area contributed by atoms with E-state index in [1.54, 1.807) is 0 Å². The molecule has 0 aromatic heterocycles. The van der Waals surface area contributed by atoms with Gasteiger partial charge in [0.2, 0.25) is 5.91 Å². The van der Waals surface area contributed by atoms with Gasteiger partial charge in [0, 0.05) is 18.8 Å². The summed E-state index contributed by atoms with van der Waals surface area (Å²) in [4.78, 5) is 38.2. The molecule has 1 saturated carbocycles. The number of hydrogen-bond acceptors (Lipinski definition) is 4. The Balaban J connectivity index is 1.97. The van der Waals surface area contributed by atoms with Crippen LogP contribution >= 0.6 is 11.8 Å². The first-order valence-corrected chi connectivity index (χ1v) is 8.16. The molecule has 118 valence electrons. The van der Waals surface area contributed by atoms with Gasteiger partial charge in [-0.1, -0.05) is 6.92 Å². The van der Waals surface area contributed by atoms with Crippen molar-refractivity contribution in [1.82, 2.24) is 15.1 Å². The number of thioether (sulfide) groups is 1. The normalized spacial score (nSPS) is 24.8. The van der Waals surface area contributed by atoms with Crippen molar-refractivity contribution in [2.24, 2.45) is 0 Å². The predicted octanol–water partition coefficient (Wildman–Crippen LogP) is 0.555. The number of urea groups is 1. The molecule has 2 unspecified atom stereocenters. The molecule has 2 fully saturated rings. The maximum Gasteiger partial charge on any atom is 0.327 e. The summed E-state index contributed by atoms with van der Waals surface area (Å²) in [7, 11) is 1.53. The van der Waals surface area contributed by atoms with Crippen molar-refractivity contribution >= 4 is 29.7 Å². The van der Waals surface area contributed by atoms with Crippen LogP contribution in [0.15, 0.2) is 0 Å². The second kappa shape index (κ2) is 6.55. The zero-order valence-electron chi connectivity index (χ0n) is 12.2. The fraction of sp³-hybridized carbons (Fsp3) is 0.769. The van der Waals surface area contributed by atoms with E-state index < -0.39 is 18.0 Å². The van der Waals surface area contributed by atoms with Crippen LogP contribution in [0.5, 0.6) is 0 Å². The number of carboxylic acids is 1. The number of rotatable bonds is 5. The molecule has 2 atom stereocenters. The first-order chi connectivity index (χ1) is 9.93. The molecule has 1 aliphatic heterocycles. The lowest BCUT2D eigenvalue weighted by atomic mass is 10.2. The van der Waals surface area contributed by atoms with Crippen LogP contribution in [-0.2, 0) is 9.59 Å². The molecule has 3 amide bonds. The molecule has 2 N–H and O–H groups in total. The first-order valence-electron chi connectivity index (χ1n) is 7.11. The molecular formula is C13H21N3O4S. The van der Waals surface area contributed by atoms with Crippen LogP contribution in [0.3, 0.4) is 0 Å². The van der Waals surface area contributed by atoms with Gasteiger partial charge in [0.1, 0.15) is 12.6 Å². The second-order valence-corrected chi connectivity index (χ2v) is 6.65. The zero-order chi connectivity index (χ0) is 15.6. The highest BCUT2D eigenvalue weighted by molar-refractivity contribution is 8.00. The largest absolute Gasteiger partial charge is 0.480 e. The Labute approximate surface area is 128 Å². The summed E-state index contributed by atoms with van der Waals surface area (Å²) in [6, 6.07) is -0.968. The Morgan fingerprint density at radius 1 is 1.38 bits per heavy atom. The molecule has 2 rings (SSSR count). The van der Waals surface area contributed by atoms with E-state index in [1.807, 2.05) is 6.92 Å². The molecule has 0 aromatic rings. The summed E-state index contributed by atoms with van der Waals surface area (Å²) in [6.45, 7) is 1.88. The Hall–Kier alpha value is -1.44. The van der Waals surface area contributed by atoms with E-state index in [9.17, 15) is 19.5 Å². The molecule has 0 spiro atoms. The standard InChI is InChI=1S/C13H21N3O4S/c1-3-11-16(9(7-21-11)12(18)19)13(20)15(2)6-10(17)14-8-4-5-8/h8-9,11H,3-7H2,1-2H3,(H,14,17)(H,18,19). The third-order valence-electron chi connectivity index (χ3n) is 3.60. The quantitative estimate of drug-likeness (QED) is 0.773. The molecule has 1 aliphatic carbocycles. The van der Waals surface area contributed by atoms with Gasteiger partial charge in [-0.3, -0.25) is 9.69 Å². The summed E-state index contributed by atoms with van der Waals surface area (Å²) >= 11 is 1.47. The third-order valence-corrected chi connectivity index (χ3v) is 5.05. The molecule has 8 heteroatoms. The molecule has 1 saturated heterocycles. The average molecular weight is 315 g/mol. The van der Waals surface area contributed by atoms with E-state index >= 15 is 0 Å². The zero-order valence-corrected chi connectivity index (χ0v) is 13.1. The smallest absolute Gasteiger partial charge is 0.327 e. The number of nitrogens with zero attached hydrogens (tertiary/aromatic N) is 2. The van der Waals surface area contributed by atoms with E-state index in [0.29, 0.717) is 12.2 Å². The van der Waals surface area contributed by atoms with Gasteiger partial charge in [0.05, 0.1) is 5.37 Å². The third kappa shape index (κ3) is 3.81. The van der Waals surface area contributed by atoms with Gasteiger partial charge < -0.3 is 15.3 Å². The molecular weight excluding hydrogens is 294 g/mol. The lowest BCUT2D eigenvalue weighted by Gasteiger charge is -2.30. The van der Waals surface area contributed by atoms with E-state index in [-0.39, 0.29) is 23.9 Å². The fourth-order valence-corrected chi connectivity index (χ4v) is 3.65. The van der Waals surface area contributed by atoms with Crippen molar-refractivity contribution in [1.29, 1.82) is 0 Å². The minimum atomic E-state index is -0.998. The SMILES string of the molecule is CCC1SCC(C(=O)O)N1C(=O)N(C)CC(=O)NC1CC1. The fourth-order valence-electron chi connectivity index (χ4n) is 2.31. The van der Waals surface area contributed by atoms with E-state index in [0.717, 1.165) is 12.8 Å². The van der Waals surface area contributed by atoms with Crippen molar-refractivity contribution in [3.63, 3.8) is 0 Å². The number of nitrogens with one attached hydrogen (secondary N) is 1. The Bertz CT molecular complexity index is 441. The Morgan fingerprint density at radius 2 is 2.05 bits per heavy atom. The molecule has 7 nitrogen and oxygen atoms in total. The lowest BCUT2D eigenvalue weighted by Crippen LogP contribution is -2.52. The molecule has 1 heterocycles. The van der Waals surface area contributed by atoms with Crippen LogP contribution < -0.4 is 5.32 Å². The predicted molar refractivity (Wildman–Crippen MR) is 79.0 cm³/mol. The van der Waals surface area contributed by atoms with E-state index in [4.69, 9.17) is 0 Å². The summed E-state index contributed by atoms with van der Waals surface area (Å²) in [5.74, 6) is -0.801. The van der Waals surface area contributed by atoms with Crippen LogP contribution in [0.25, 0.3) is 0 Å². The second-order valence-electron chi connectivity index (χ2n) is 5.44. The maximum absolute atomic E-state index is 12.5. The number of carbonyl (C=O) groups excluding carboxylic acids is 2. The Kier molecular flexibility index (Phi) is 4.97. The summed E-state index contributed by atoms with van der Waals surface area (Å²) < 4.78 is 0. The minimum Gasteiger partial charge on any atom is -0.480 e. The maximum atomic E-state index is 12.5. The van der Waals surface area contributed by atoms with Crippen molar-refractivity contribution in [2.45, 2.75) is 43.6 Å². The number of carboxylic acid groups (broad SMARTS) is 1. The molecule has 2 aliphatic rings. The highest BCUT2D eigenvalue weighted by atomic mass is 32.2. The molecule has 0 bridgehead atoms. The number of hydrogen-bond donors (Lipinski definition) is 2. The number of aliphatic carboxylic acids is 1. The van der Waals surface area contributed by atoms with Crippen molar-refractivity contribution in [3.05, 3.63) is 0 Å². The van der Waals surface area contributed by atoms with Gasteiger partial charge in [-0.2, -0.15) is 0 Å². The van der Waals surface area contributed by atoms with Crippen molar-refractivity contribution in [3.8, 4) is 0 Å². The number of amides is 3. The molecule has 0 radical (unpaired) electrons. The summed E-state index contributed by atoms with van der Waals surface area (Å²) in [5, 5.41) is 11.9. The van der Waals surface area contributed by atoms with E-state index in [1.165, 1.54) is 28.6 Å².